The summed E-state index contributed by atoms with van der Waals surface area (Å²) in [5.74, 6) is -8.24. The van der Waals surface area contributed by atoms with Gasteiger partial charge in [-0.2, -0.15) is 4.99 Å². The Kier molecular flexibility index (Phi) is 20.7. The molecule has 2 aliphatic heterocycles. The number of H-pyrrole nitrogens is 1. The van der Waals surface area contributed by atoms with Gasteiger partial charge in [-0.05, 0) is 67.3 Å². The number of aromatic nitrogens is 1. The van der Waals surface area contributed by atoms with Gasteiger partial charge in [0.2, 0.25) is 41.4 Å². The Bertz CT molecular complexity index is 2630. The molecule has 0 bridgehead atoms. The zero-order valence-electron chi connectivity index (χ0n) is 40.9. The molecule has 2 aromatic carbocycles. The fraction of sp³-hybridized carbons (Fsp3) is 0.458. The molecule has 0 saturated carbocycles. The van der Waals surface area contributed by atoms with Crippen molar-refractivity contribution in [3.63, 3.8) is 0 Å². The number of nitrogens with one attached hydrogen (secondary N) is 7. The van der Waals surface area contributed by atoms with Gasteiger partial charge in [0.1, 0.15) is 54.1 Å². The smallest absolute Gasteiger partial charge is 0.326 e. The zero-order valence-corrected chi connectivity index (χ0v) is 40.9. The summed E-state index contributed by atoms with van der Waals surface area (Å²) < 4.78 is 0. The molecular formula is C48H64N14O12. The first-order valence-corrected chi connectivity index (χ1v) is 23.9. The SMILES string of the molecule is CC(C)C[C@H](NC(=O)CNC(=O)[C@H](Cc1ccc(O)cc1)NC(=O)[C@H](CO)NC(=O)[C@H](Cc1c[nH]c2ccccc12)NC(=O)[C@@H](N)CC1=NC=NC1=O)C(=O)N[C@@H](CCCN=C(N)N)C(=O)N1CCC[C@H]1C(=O)O. The van der Waals surface area contributed by atoms with Gasteiger partial charge >= 0.3 is 5.97 Å². The maximum absolute atomic E-state index is 14.0. The summed E-state index contributed by atoms with van der Waals surface area (Å²) in [4.78, 5) is 136. The van der Waals surface area contributed by atoms with Crippen LogP contribution in [0.2, 0.25) is 0 Å². The zero-order chi connectivity index (χ0) is 54.1. The minimum atomic E-state index is -1.71. The highest BCUT2D eigenvalue weighted by molar-refractivity contribution is 6.44. The topological polar surface area (TPSA) is 421 Å². The maximum Gasteiger partial charge on any atom is 0.326 e. The second kappa shape index (κ2) is 27.0. The van der Waals surface area contributed by atoms with Gasteiger partial charge in [0.15, 0.2) is 5.96 Å². The number of phenolic OH excluding ortho intramolecular Hbond substituents is 1. The number of rotatable bonds is 27. The Morgan fingerprint density at radius 1 is 0.824 bits per heavy atom. The number of nitrogens with two attached hydrogens (primary N) is 3. The number of hydrogen-bond acceptors (Lipinski definition) is 14. The molecule has 1 fully saturated rings. The number of likely N-dealkylation sites (tertiary alicyclic amines) is 1. The van der Waals surface area contributed by atoms with Gasteiger partial charge in [0.25, 0.3) is 5.91 Å². The van der Waals surface area contributed by atoms with Gasteiger partial charge in [-0.3, -0.25) is 43.3 Å². The van der Waals surface area contributed by atoms with Crippen molar-refractivity contribution in [1.82, 2.24) is 41.8 Å². The summed E-state index contributed by atoms with van der Waals surface area (Å²) in [5, 5.41) is 46.0. The first-order chi connectivity index (χ1) is 35.2. The minimum Gasteiger partial charge on any atom is -0.508 e. The lowest BCUT2D eigenvalue weighted by Gasteiger charge is -2.29. The van der Waals surface area contributed by atoms with Crippen LogP contribution in [0.1, 0.15) is 63.5 Å². The van der Waals surface area contributed by atoms with Crippen LogP contribution in [0.3, 0.4) is 0 Å². The van der Waals surface area contributed by atoms with E-state index in [1.165, 1.54) is 29.2 Å². The van der Waals surface area contributed by atoms with Gasteiger partial charge < -0.3 is 74.3 Å². The van der Waals surface area contributed by atoms with Crippen LogP contribution in [-0.4, -0.2) is 165 Å². The molecule has 5 rings (SSSR count). The molecule has 74 heavy (non-hydrogen) atoms. The number of para-hydroxylation sites is 1. The monoisotopic (exact) mass is 1030 g/mol. The van der Waals surface area contributed by atoms with Crippen LogP contribution in [-0.2, 0) is 56.0 Å². The standard InChI is InChI=1S/C48H64N14O12/c1-25(2)17-34(43(69)58-32(9-5-15-52-48(50)51)46(72)62-16-6-10-38(62)47(73)74)57-39(65)22-54-42(68)35(18-26-11-13-28(64)14-12-26)60-45(71)37(23-63)61-44(70)36(19-27-21-53-31-8-4-3-7-29(27)31)59-40(66)30(49)20-33-41(67)56-24-55-33/h3-4,7-8,11-14,21,24-25,30,32,34-38,53,63-64H,5-6,9-10,15-20,22-23,49H2,1-2H3,(H,54,68)(H,57,65)(H,58,69)(H,59,66)(H,60,71)(H,61,70)(H,73,74)(H4,50,51,52)/t30-,32-,34-,35-,36-,37-,38-/m0/s1. The number of aromatic hydroxyl groups is 1. The van der Waals surface area contributed by atoms with Crippen molar-refractivity contribution in [1.29, 1.82) is 0 Å². The van der Waals surface area contributed by atoms with E-state index < -0.39 is 109 Å². The average Bonchev–Trinajstić information content (AvgIpc) is 4.13. The molecular weight excluding hydrogens is 965 g/mol. The Labute approximate surface area is 424 Å². The van der Waals surface area contributed by atoms with E-state index in [0.717, 1.165) is 17.2 Å². The Morgan fingerprint density at radius 2 is 1.47 bits per heavy atom. The van der Waals surface area contributed by atoms with Crippen LogP contribution in [0.4, 0.5) is 0 Å². The summed E-state index contributed by atoms with van der Waals surface area (Å²) in [7, 11) is 0. The van der Waals surface area contributed by atoms with E-state index in [4.69, 9.17) is 17.2 Å². The van der Waals surface area contributed by atoms with Crippen LogP contribution < -0.4 is 49.1 Å². The van der Waals surface area contributed by atoms with Gasteiger partial charge in [-0.15, -0.1) is 0 Å². The largest absolute Gasteiger partial charge is 0.508 e. The number of aromatic amines is 1. The number of benzene rings is 2. The van der Waals surface area contributed by atoms with E-state index in [1.54, 1.807) is 44.3 Å². The summed E-state index contributed by atoms with van der Waals surface area (Å²) >= 11 is 0. The fourth-order valence-electron chi connectivity index (χ4n) is 8.31. The summed E-state index contributed by atoms with van der Waals surface area (Å²) in [6, 6.07) is 3.35. The number of carbonyl (C=O) groups excluding carboxylic acids is 8. The number of hydrogen-bond donors (Lipinski definition) is 13. The highest BCUT2D eigenvalue weighted by Gasteiger charge is 2.39. The molecule has 0 aliphatic carbocycles. The molecule has 3 heterocycles. The molecule has 398 valence electrons. The molecule has 16 N–H and O–H groups in total. The van der Waals surface area contributed by atoms with Crippen LogP contribution in [0, 0.1) is 5.92 Å². The van der Waals surface area contributed by atoms with Crippen molar-refractivity contribution >= 4 is 82.1 Å². The highest BCUT2D eigenvalue weighted by atomic mass is 16.4. The van der Waals surface area contributed by atoms with Crippen molar-refractivity contribution in [3.05, 3.63) is 65.9 Å². The van der Waals surface area contributed by atoms with E-state index in [1.807, 2.05) is 0 Å². The number of aliphatic hydroxyl groups is 1. The number of aliphatic imine (C=N–C) groups is 3. The average molecular weight is 1030 g/mol. The van der Waals surface area contributed by atoms with E-state index in [0.29, 0.717) is 17.5 Å². The summed E-state index contributed by atoms with van der Waals surface area (Å²) in [5.41, 5.74) is 18.7. The molecule has 26 heteroatoms. The molecule has 0 spiro atoms. The number of carboxylic acids is 1. The Hall–Kier alpha value is -8.26. The molecule has 26 nitrogen and oxygen atoms in total. The molecule has 7 atom stereocenters. The lowest BCUT2D eigenvalue weighted by molar-refractivity contribution is -0.149. The molecule has 1 aromatic heterocycles. The second-order valence-corrected chi connectivity index (χ2v) is 18.2. The molecule has 1 saturated heterocycles. The molecule has 8 amide bonds. The van der Waals surface area contributed by atoms with Crippen molar-refractivity contribution < 1.29 is 58.5 Å². The molecule has 0 radical (unpaired) electrons. The number of carboxylic acid groups (broad SMARTS) is 1. The third-order valence-corrected chi connectivity index (χ3v) is 12.1. The molecule has 0 unspecified atom stereocenters. The molecule has 3 aromatic rings. The van der Waals surface area contributed by atoms with E-state index in [-0.39, 0.29) is 81.4 Å². The lowest BCUT2D eigenvalue weighted by Crippen LogP contribution is -2.60. The molecule has 2 aliphatic rings. The van der Waals surface area contributed by atoms with Crippen LogP contribution >= 0.6 is 0 Å². The van der Waals surface area contributed by atoms with Crippen LogP contribution in [0.5, 0.6) is 5.75 Å². The van der Waals surface area contributed by atoms with Crippen molar-refractivity contribution in [2.24, 2.45) is 38.1 Å². The van der Waals surface area contributed by atoms with E-state index >= 15 is 0 Å². The highest BCUT2D eigenvalue weighted by Crippen LogP contribution is 2.22. The number of guanidine groups is 1. The van der Waals surface area contributed by atoms with Gasteiger partial charge in [0, 0.05) is 49.5 Å². The number of aliphatic hydroxyl groups excluding tert-OH is 1. The van der Waals surface area contributed by atoms with Crippen molar-refractivity contribution in [2.45, 2.75) is 108 Å². The normalized spacial score (nSPS) is 16.5. The van der Waals surface area contributed by atoms with Gasteiger partial charge in [-0.25, -0.2) is 9.79 Å². The second-order valence-electron chi connectivity index (χ2n) is 18.2. The summed E-state index contributed by atoms with van der Waals surface area (Å²) in [6.45, 7) is 2.15. The Morgan fingerprint density at radius 3 is 2.14 bits per heavy atom. The third-order valence-electron chi connectivity index (χ3n) is 12.1. The number of aliphatic carboxylic acids is 1. The number of fused-ring (bicyclic) bond motifs is 1. The number of nitrogens with zero attached hydrogens (tertiary/aromatic N) is 4. The number of amides is 8. The van der Waals surface area contributed by atoms with E-state index in [2.05, 4.69) is 51.9 Å². The first kappa shape index (κ1) is 56.7. The van der Waals surface area contributed by atoms with Gasteiger partial charge in [-0.1, -0.05) is 44.2 Å². The Balaban J connectivity index is 1.28. The van der Waals surface area contributed by atoms with Crippen LogP contribution in [0.15, 0.2) is 69.7 Å². The minimum absolute atomic E-state index is 0.0335. The maximum atomic E-state index is 14.0. The number of carbonyl (C=O) groups is 9. The predicted molar refractivity (Wildman–Crippen MR) is 269 cm³/mol. The van der Waals surface area contributed by atoms with Crippen LogP contribution in [0.25, 0.3) is 10.9 Å². The summed E-state index contributed by atoms with van der Waals surface area (Å²) in [6.07, 6.45) is 3.04. The number of phenols is 1. The van der Waals surface area contributed by atoms with E-state index in [9.17, 15) is 58.5 Å². The van der Waals surface area contributed by atoms with Gasteiger partial charge in [0.05, 0.1) is 19.2 Å². The predicted octanol–water partition coefficient (Wildman–Crippen LogP) is -2.91. The van der Waals surface area contributed by atoms with Crippen molar-refractivity contribution in [2.75, 3.05) is 26.2 Å². The van der Waals surface area contributed by atoms with Crippen molar-refractivity contribution in [3.8, 4) is 5.75 Å². The lowest BCUT2D eigenvalue weighted by atomic mass is 10.0. The fourth-order valence-corrected chi connectivity index (χ4v) is 8.31. The first-order valence-electron chi connectivity index (χ1n) is 23.9. The third kappa shape index (κ3) is 16.4. The quantitative estimate of drug-likeness (QED) is 0.0207.